The first-order chi connectivity index (χ1) is 14.9. The van der Waals surface area contributed by atoms with Crippen LogP contribution < -0.4 is 11.1 Å². The molecular formula is C21H19BrN6O3. The van der Waals surface area contributed by atoms with Crippen LogP contribution in [0.15, 0.2) is 47.5 Å². The molecule has 3 N–H and O–H groups in total. The van der Waals surface area contributed by atoms with Gasteiger partial charge in [0.05, 0.1) is 35.6 Å². The second-order valence-electron chi connectivity index (χ2n) is 7.90. The van der Waals surface area contributed by atoms with Crippen molar-refractivity contribution in [2.75, 3.05) is 5.32 Å². The number of likely N-dealkylation sites (tertiary alicyclic amines) is 1. The first-order valence-corrected chi connectivity index (χ1v) is 10.7. The number of hydrogen-bond acceptors (Lipinski definition) is 5. The number of para-hydroxylation sites is 1. The van der Waals surface area contributed by atoms with E-state index >= 15 is 0 Å². The zero-order chi connectivity index (χ0) is 21.7. The molecule has 10 heteroatoms. The highest BCUT2D eigenvalue weighted by molar-refractivity contribution is 9.10. The van der Waals surface area contributed by atoms with E-state index in [1.54, 1.807) is 29.4 Å². The number of rotatable bonds is 4. The third-order valence-corrected chi connectivity index (χ3v) is 6.29. The van der Waals surface area contributed by atoms with E-state index in [1.807, 2.05) is 12.1 Å². The Hall–Kier alpha value is -3.27. The summed E-state index contributed by atoms with van der Waals surface area (Å²) in [6, 6.07) is 5.75. The van der Waals surface area contributed by atoms with E-state index in [9.17, 15) is 14.4 Å². The standard InChI is InChI=1S/C21H19BrN6O3/c22-19-9-24-8-12(25-19)7-18(29)17-6-11-5-16(11)28(17)21(31)26-14-10-27(20(23)30)15-4-2-1-3-13(14)15/h1-4,8-11,16-17H,5-7H2,(H2,23,30)(H,26,31)/t11-,16?,17+/m1/s1. The number of urea groups is 1. The molecule has 31 heavy (non-hydrogen) atoms. The highest BCUT2D eigenvalue weighted by Crippen LogP contribution is 2.48. The van der Waals surface area contributed by atoms with Crippen LogP contribution in [0.2, 0.25) is 0 Å². The Labute approximate surface area is 185 Å². The summed E-state index contributed by atoms with van der Waals surface area (Å²) < 4.78 is 1.86. The average Bonchev–Trinajstić information content (AvgIpc) is 3.24. The maximum absolute atomic E-state index is 13.2. The second kappa shape index (κ2) is 7.45. The highest BCUT2D eigenvalue weighted by Gasteiger charge is 2.56. The number of fused-ring (bicyclic) bond motifs is 2. The van der Waals surface area contributed by atoms with Gasteiger partial charge in [0.2, 0.25) is 0 Å². The number of nitrogens with one attached hydrogen (secondary N) is 1. The van der Waals surface area contributed by atoms with Crippen molar-refractivity contribution in [3.8, 4) is 0 Å². The van der Waals surface area contributed by atoms with Gasteiger partial charge in [0.25, 0.3) is 0 Å². The molecule has 3 atom stereocenters. The van der Waals surface area contributed by atoms with Gasteiger partial charge in [0.15, 0.2) is 5.78 Å². The van der Waals surface area contributed by atoms with Gasteiger partial charge >= 0.3 is 12.1 Å². The summed E-state index contributed by atoms with van der Waals surface area (Å²) in [6.07, 6.45) is 6.29. The van der Waals surface area contributed by atoms with Crippen molar-refractivity contribution in [2.45, 2.75) is 31.3 Å². The van der Waals surface area contributed by atoms with Gasteiger partial charge in [0.1, 0.15) is 4.60 Å². The fourth-order valence-corrected chi connectivity index (χ4v) is 4.78. The van der Waals surface area contributed by atoms with Gasteiger partial charge in [-0.2, -0.15) is 0 Å². The molecule has 0 bridgehead atoms. The number of anilines is 1. The Morgan fingerprint density at radius 3 is 2.77 bits per heavy atom. The molecule has 1 aliphatic heterocycles. The summed E-state index contributed by atoms with van der Waals surface area (Å²) in [4.78, 5) is 47.9. The average molecular weight is 483 g/mol. The third kappa shape index (κ3) is 3.56. The molecule has 0 spiro atoms. The van der Waals surface area contributed by atoms with Gasteiger partial charge in [-0.05, 0) is 40.8 Å². The molecule has 2 aliphatic rings. The third-order valence-electron chi connectivity index (χ3n) is 5.91. The monoisotopic (exact) mass is 482 g/mol. The van der Waals surface area contributed by atoms with Crippen molar-refractivity contribution >= 4 is 50.4 Å². The Morgan fingerprint density at radius 1 is 1.19 bits per heavy atom. The molecule has 1 unspecified atom stereocenters. The molecule has 1 aliphatic carbocycles. The topological polar surface area (TPSA) is 123 Å². The van der Waals surface area contributed by atoms with E-state index in [-0.39, 0.29) is 24.3 Å². The van der Waals surface area contributed by atoms with Gasteiger partial charge in [-0.1, -0.05) is 18.2 Å². The second-order valence-corrected chi connectivity index (χ2v) is 8.71. The first-order valence-electron chi connectivity index (χ1n) is 9.90. The van der Waals surface area contributed by atoms with Crippen molar-refractivity contribution in [2.24, 2.45) is 11.7 Å². The number of ketones is 1. The van der Waals surface area contributed by atoms with Crippen molar-refractivity contribution in [3.05, 3.63) is 53.2 Å². The van der Waals surface area contributed by atoms with Crippen LogP contribution in [-0.2, 0) is 11.2 Å². The first kappa shape index (κ1) is 19.7. The summed E-state index contributed by atoms with van der Waals surface area (Å²) in [5.41, 5.74) is 7.11. The van der Waals surface area contributed by atoms with Crippen LogP contribution in [0.1, 0.15) is 18.5 Å². The number of hydrogen-bond donors (Lipinski definition) is 2. The molecule has 2 aromatic heterocycles. The Morgan fingerprint density at radius 2 is 2.00 bits per heavy atom. The number of carbonyl (C=O) groups excluding carboxylic acids is 3. The summed E-state index contributed by atoms with van der Waals surface area (Å²) in [6.45, 7) is 0. The molecule has 3 heterocycles. The SMILES string of the molecule is NC(=O)n1cc(NC(=O)N2C3C[C@@H]3C[C@H]2C(=O)Cc2cncc(Br)n2)c2ccccc21. The van der Waals surface area contributed by atoms with Gasteiger partial charge in [-0.3, -0.25) is 14.3 Å². The molecule has 5 rings (SSSR count). The van der Waals surface area contributed by atoms with Crippen LogP contribution >= 0.6 is 15.9 Å². The molecule has 2 fully saturated rings. The minimum Gasteiger partial charge on any atom is -0.351 e. The van der Waals surface area contributed by atoms with E-state index in [4.69, 9.17) is 5.73 Å². The van der Waals surface area contributed by atoms with Crippen LogP contribution in [0, 0.1) is 5.92 Å². The molecule has 3 aromatic rings. The molecule has 3 amide bonds. The highest BCUT2D eigenvalue weighted by atomic mass is 79.9. The van der Waals surface area contributed by atoms with Crippen molar-refractivity contribution in [3.63, 3.8) is 0 Å². The quantitative estimate of drug-likeness (QED) is 0.591. The van der Waals surface area contributed by atoms with E-state index in [0.717, 1.165) is 6.42 Å². The van der Waals surface area contributed by atoms with Crippen LogP contribution in [-0.4, -0.2) is 49.4 Å². The Kier molecular flexibility index (Phi) is 4.73. The molecule has 0 radical (unpaired) electrons. The number of carbonyl (C=O) groups is 3. The van der Waals surface area contributed by atoms with Crippen molar-refractivity contribution in [1.29, 1.82) is 0 Å². The van der Waals surface area contributed by atoms with Crippen molar-refractivity contribution in [1.82, 2.24) is 19.4 Å². The summed E-state index contributed by atoms with van der Waals surface area (Å²) >= 11 is 3.26. The van der Waals surface area contributed by atoms with E-state index in [1.165, 1.54) is 10.8 Å². The lowest BCUT2D eigenvalue weighted by Crippen LogP contribution is -2.45. The number of nitrogens with two attached hydrogens (primary N) is 1. The normalized spacial score (nSPS) is 21.7. The summed E-state index contributed by atoms with van der Waals surface area (Å²) in [5, 5.41) is 3.59. The number of aromatic nitrogens is 3. The predicted molar refractivity (Wildman–Crippen MR) is 117 cm³/mol. The molecular weight excluding hydrogens is 464 g/mol. The zero-order valence-corrected chi connectivity index (χ0v) is 17.9. The van der Waals surface area contributed by atoms with Gasteiger partial charge < -0.3 is 16.0 Å². The maximum atomic E-state index is 13.2. The van der Waals surface area contributed by atoms with Gasteiger partial charge in [0, 0.05) is 23.8 Å². The van der Waals surface area contributed by atoms with Crippen LogP contribution in [0.3, 0.4) is 0 Å². The number of amides is 3. The zero-order valence-electron chi connectivity index (χ0n) is 16.4. The lowest BCUT2D eigenvalue weighted by atomic mass is 10.0. The van der Waals surface area contributed by atoms with Crippen molar-refractivity contribution < 1.29 is 14.4 Å². The van der Waals surface area contributed by atoms with E-state index in [0.29, 0.717) is 39.2 Å². The van der Waals surface area contributed by atoms with E-state index in [2.05, 4.69) is 31.2 Å². The lowest BCUT2D eigenvalue weighted by molar-refractivity contribution is -0.122. The van der Waals surface area contributed by atoms with E-state index < -0.39 is 12.1 Å². The molecule has 158 valence electrons. The predicted octanol–water partition coefficient (Wildman–Crippen LogP) is 2.93. The number of benzene rings is 1. The minimum atomic E-state index is -0.636. The molecule has 1 saturated heterocycles. The molecule has 1 saturated carbocycles. The number of Topliss-reactive ketones (excluding diaryl/α,β-unsaturated/α-hetero) is 1. The largest absolute Gasteiger partial charge is 0.351 e. The smallest absolute Gasteiger partial charge is 0.323 e. The number of nitrogens with zero attached hydrogens (tertiary/aromatic N) is 4. The Bertz CT molecular complexity index is 1220. The molecule has 1 aromatic carbocycles. The van der Waals surface area contributed by atoms with Gasteiger partial charge in [-0.25, -0.2) is 14.6 Å². The van der Waals surface area contributed by atoms with Gasteiger partial charge in [-0.15, -0.1) is 0 Å². The Balaban J connectivity index is 1.38. The minimum absolute atomic E-state index is 0.0608. The van der Waals surface area contributed by atoms with Crippen LogP contribution in [0.25, 0.3) is 10.9 Å². The number of primary amides is 1. The fraction of sp³-hybridized carbons (Fsp3) is 0.286. The summed E-state index contributed by atoms with van der Waals surface area (Å²) in [7, 11) is 0. The number of piperidine rings is 1. The number of halogens is 1. The molecule has 9 nitrogen and oxygen atoms in total. The van der Waals surface area contributed by atoms with Crippen LogP contribution in [0.4, 0.5) is 15.3 Å². The fourth-order valence-electron chi connectivity index (χ4n) is 4.44. The lowest BCUT2D eigenvalue weighted by Gasteiger charge is -2.26. The maximum Gasteiger partial charge on any atom is 0.323 e. The summed E-state index contributed by atoms with van der Waals surface area (Å²) in [5.74, 6) is 0.287. The van der Waals surface area contributed by atoms with Crippen LogP contribution in [0.5, 0.6) is 0 Å².